The van der Waals surface area contributed by atoms with Crippen molar-refractivity contribution < 1.29 is 9.47 Å². The lowest BCUT2D eigenvalue weighted by Gasteiger charge is -2.09. The molecule has 0 fully saturated rings. The first-order valence-electron chi connectivity index (χ1n) is 8.89. The van der Waals surface area contributed by atoms with E-state index in [0.29, 0.717) is 16.0 Å². The number of rotatable bonds is 5. The average molecular weight is 486 g/mol. The molecule has 2 aromatic heterocycles. The molecule has 4 aromatic rings. The normalized spacial score (nSPS) is 11.8. The highest BCUT2D eigenvalue weighted by Crippen LogP contribution is 2.28. The molecule has 0 spiro atoms. The molecule has 2 heterocycles. The third-order valence-electron chi connectivity index (χ3n) is 4.42. The number of fused-ring (bicyclic) bond motifs is 1. The van der Waals surface area contributed by atoms with Gasteiger partial charge >= 0.3 is 0 Å². The lowest BCUT2D eigenvalue weighted by Crippen LogP contribution is -2.28. The van der Waals surface area contributed by atoms with Crippen LogP contribution in [0.25, 0.3) is 11.0 Å². The second-order valence-corrected chi connectivity index (χ2v) is 8.32. The predicted octanol–water partition coefficient (Wildman–Crippen LogP) is 2.43. The van der Waals surface area contributed by atoms with Crippen LogP contribution in [0.15, 0.2) is 56.5 Å². The lowest BCUT2D eigenvalue weighted by molar-refractivity contribution is 0.354. The smallest absolute Gasteiger partial charge is 0.296 e. The molecule has 2 aromatic carbocycles. The Hall–Kier alpha value is -3.04. The van der Waals surface area contributed by atoms with E-state index in [4.69, 9.17) is 9.47 Å². The Morgan fingerprint density at radius 1 is 1.10 bits per heavy atom. The quantitative estimate of drug-likeness (QED) is 0.431. The summed E-state index contributed by atoms with van der Waals surface area (Å²) in [7, 11) is 3.10. The molecule has 4 rings (SSSR count). The van der Waals surface area contributed by atoms with Crippen LogP contribution in [0.1, 0.15) is 16.8 Å². The highest BCUT2D eigenvalue weighted by molar-refractivity contribution is 9.10. The maximum atomic E-state index is 12.8. The van der Waals surface area contributed by atoms with Crippen molar-refractivity contribution in [2.24, 2.45) is 0 Å². The van der Waals surface area contributed by atoms with Gasteiger partial charge in [0.2, 0.25) is 4.96 Å². The minimum absolute atomic E-state index is 0.184. The molecule has 7 nitrogen and oxygen atoms in total. The van der Waals surface area contributed by atoms with Crippen molar-refractivity contribution in [2.45, 2.75) is 6.42 Å². The summed E-state index contributed by atoms with van der Waals surface area (Å²) in [5, 5.41) is 4.29. The number of hydrogen-bond donors (Lipinski definition) is 0. The third kappa shape index (κ3) is 3.99. The van der Waals surface area contributed by atoms with Crippen molar-refractivity contribution in [1.82, 2.24) is 14.6 Å². The van der Waals surface area contributed by atoms with Crippen LogP contribution >= 0.6 is 27.3 Å². The number of ether oxygens (including phenoxy) is 2. The van der Waals surface area contributed by atoms with Gasteiger partial charge in [-0.2, -0.15) is 14.6 Å². The molecule has 0 radical (unpaired) electrons. The van der Waals surface area contributed by atoms with Gasteiger partial charge in [0.25, 0.3) is 11.1 Å². The fourth-order valence-corrected chi connectivity index (χ4v) is 4.30. The van der Waals surface area contributed by atoms with Gasteiger partial charge < -0.3 is 9.47 Å². The van der Waals surface area contributed by atoms with Crippen molar-refractivity contribution in [3.05, 3.63) is 89.0 Å². The van der Waals surface area contributed by atoms with E-state index in [2.05, 4.69) is 26.0 Å². The Kier molecular flexibility index (Phi) is 5.65. The van der Waals surface area contributed by atoms with Gasteiger partial charge in [-0.1, -0.05) is 45.5 Å². The van der Waals surface area contributed by atoms with Gasteiger partial charge in [0.15, 0.2) is 11.5 Å². The summed E-state index contributed by atoms with van der Waals surface area (Å²) in [5.74, 6) is 1.14. The topological polar surface area (TPSA) is 82.8 Å². The van der Waals surface area contributed by atoms with E-state index in [9.17, 15) is 9.59 Å². The number of nitrogens with zero attached hydrogens (tertiary/aromatic N) is 3. The summed E-state index contributed by atoms with van der Waals surface area (Å²) in [6.07, 6.45) is 1.97. The fraction of sp³-hybridized carbons (Fsp3) is 0.143. The number of aromatic nitrogens is 3. The van der Waals surface area contributed by atoms with Crippen molar-refractivity contribution in [1.29, 1.82) is 0 Å². The van der Waals surface area contributed by atoms with Crippen molar-refractivity contribution in [3.63, 3.8) is 0 Å². The Morgan fingerprint density at radius 2 is 1.90 bits per heavy atom. The average Bonchev–Trinajstić information content (AvgIpc) is 3.02. The first-order chi connectivity index (χ1) is 14.5. The largest absolute Gasteiger partial charge is 0.493 e. The maximum absolute atomic E-state index is 12.8. The van der Waals surface area contributed by atoms with Gasteiger partial charge in [0, 0.05) is 10.9 Å². The van der Waals surface area contributed by atoms with E-state index in [1.807, 2.05) is 30.3 Å². The minimum Gasteiger partial charge on any atom is -0.493 e. The van der Waals surface area contributed by atoms with Crippen LogP contribution in [-0.2, 0) is 6.42 Å². The first-order valence-corrected chi connectivity index (χ1v) is 10.5. The predicted molar refractivity (Wildman–Crippen MR) is 119 cm³/mol. The van der Waals surface area contributed by atoms with E-state index in [1.54, 1.807) is 32.4 Å². The van der Waals surface area contributed by atoms with Crippen LogP contribution in [0.5, 0.6) is 11.5 Å². The Bertz CT molecular complexity index is 1410. The summed E-state index contributed by atoms with van der Waals surface area (Å²) in [6, 6.07) is 12.9. The summed E-state index contributed by atoms with van der Waals surface area (Å²) < 4.78 is 13.1. The number of thiazole rings is 1. The van der Waals surface area contributed by atoms with Gasteiger partial charge in [-0.05, 0) is 41.5 Å². The van der Waals surface area contributed by atoms with Gasteiger partial charge in [0.05, 0.1) is 18.8 Å². The van der Waals surface area contributed by atoms with Crippen molar-refractivity contribution in [3.8, 4) is 11.5 Å². The van der Waals surface area contributed by atoms with Crippen LogP contribution in [0, 0.1) is 0 Å². The Labute approximate surface area is 183 Å². The Balaban J connectivity index is 1.76. The van der Waals surface area contributed by atoms with Crippen LogP contribution in [-0.4, -0.2) is 28.8 Å². The molecule has 152 valence electrons. The van der Waals surface area contributed by atoms with Gasteiger partial charge in [0.1, 0.15) is 5.69 Å². The summed E-state index contributed by atoms with van der Waals surface area (Å²) in [6.45, 7) is 0. The second-order valence-electron chi connectivity index (χ2n) is 6.39. The molecule has 0 unspecified atom stereocenters. The molecule has 0 aliphatic heterocycles. The highest BCUT2D eigenvalue weighted by atomic mass is 79.9. The summed E-state index contributed by atoms with van der Waals surface area (Å²) in [4.78, 5) is 29.6. The number of halogens is 1. The van der Waals surface area contributed by atoms with Crippen molar-refractivity contribution >= 4 is 38.3 Å². The Morgan fingerprint density at radius 3 is 2.63 bits per heavy atom. The third-order valence-corrected chi connectivity index (χ3v) is 5.87. The van der Waals surface area contributed by atoms with Crippen molar-refractivity contribution in [2.75, 3.05) is 14.2 Å². The maximum Gasteiger partial charge on any atom is 0.296 e. The highest BCUT2D eigenvalue weighted by Gasteiger charge is 2.13. The first kappa shape index (κ1) is 20.2. The summed E-state index contributed by atoms with van der Waals surface area (Å²) in [5.41, 5.74) is 1.07. The molecule has 0 bridgehead atoms. The fourth-order valence-electron chi connectivity index (χ4n) is 2.98. The van der Waals surface area contributed by atoms with E-state index in [1.165, 1.54) is 4.52 Å². The number of hydrogen-bond acceptors (Lipinski definition) is 7. The monoisotopic (exact) mass is 485 g/mol. The van der Waals surface area contributed by atoms with E-state index >= 15 is 0 Å². The second kappa shape index (κ2) is 8.37. The standard InChI is InChI=1S/C21H16BrN3O4S/c1-28-16-7-6-13(10-17(16)29-2)9-15-19(26)23-21-25(24-15)20(27)18(30-21)11-12-4-3-5-14(22)8-12/h3-8,10-11H,9H2,1-2H3/b18-11-. The molecule has 0 N–H and O–H groups in total. The molecule has 0 saturated heterocycles. The zero-order chi connectivity index (χ0) is 21.3. The van der Waals surface area contributed by atoms with Crippen LogP contribution in [0.3, 0.4) is 0 Å². The van der Waals surface area contributed by atoms with Gasteiger partial charge in [-0.25, -0.2) is 0 Å². The molecule has 0 aliphatic carbocycles. The van der Waals surface area contributed by atoms with Crippen LogP contribution < -0.4 is 25.1 Å². The zero-order valence-electron chi connectivity index (χ0n) is 16.1. The SMILES string of the molecule is COc1ccc(Cc2nn3c(=O)/c(=C/c4cccc(Br)c4)sc3nc2=O)cc1OC. The number of methoxy groups -OCH3 is 2. The van der Waals surface area contributed by atoms with Crippen LogP contribution in [0.2, 0.25) is 0 Å². The molecule has 0 amide bonds. The lowest BCUT2D eigenvalue weighted by atomic mass is 10.1. The molecule has 0 atom stereocenters. The molecule has 0 saturated carbocycles. The molecule has 0 aliphatic rings. The summed E-state index contributed by atoms with van der Waals surface area (Å²) >= 11 is 4.55. The van der Waals surface area contributed by atoms with Gasteiger partial charge in [-0.3, -0.25) is 9.59 Å². The van der Waals surface area contributed by atoms with Gasteiger partial charge in [-0.15, -0.1) is 0 Å². The molecular formula is C21H16BrN3O4S. The molecule has 30 heavy (non-hydrogen) atoms. The van der Waals surface area contributed by atoms with Crippen LogP contribution in [0.4, 0.5) is 0 Å². The van der Waals surface area contributed by atoms with E-state index in [0.717, 1.165) is 26.9 Å². The number of benzene rings is 2. The molecule has 9 heteroatoms. The zero-order valence-corrected chi connectivity index (χ0v) is 18.5. The minimum atomic E-state index is -0.458. The molecular weight excluding hydrogens is 470 g/mol. The van der Waals surface area contributed by atoms with E-state index in [-0.39, 0.29) is 22.6 Å². The van der Waals surface area contributed by atoms with E-state index < -0.39 is 5.56 Å².